The SMILES string of the molecule is O=C(/C=C\c1ccco1)c1c(-c2ccccc2)nc2n(CCN3CCOCC3)c3ccccc3n12. The van der Waals surface area contributed by atoms with E-state index in [1.54, 1.807) is 24.5 Å². The number of allylic oxidation sites excluding steroid dienone is 1. The predicted octanol–water partition coefficient (Wildman–Crippen LogP) is 4.78. The number of hydrogen-bond acceptors (Lipinski definition) is 5. The summed E-state index contributed by atoms with van der Waals surface area (Å²) < 4.78 is 15.1. The van der Waals surface area contributed by atoms with E-state index in [0.29, 0.717) is 17.1 Å². The number of ketones is 1. The first-order valence-electron chi connectivity index (χ1n) is 11.9. The summed E-state index contributed by atoms with van der Waals surface area (Å²) in [5, 5.41) is 0. The molecule has 1 aliphatic heterocycles. The van der Waals surface area contributed by atoms with Crippen molar-refractivity contribution >= 4 is 28.7 Å². The fourth-order valence-corrected chi connectivity index (χ4v) is 4.74. The molecule has 176 valence electrons. The zero-order valence-electron chi connectivity index (χ0n) is 19.3. The van der Waals surface area contributed by atoms with Crippen molar-refractivity contribution < 1.29 is 13.9 Å². The molecule has 0 amide bonds. The summed E-state index contributed by atoms with van der Waals surface area (Å²) >= 11 is 0. The van der Waals surface area contributed by atoms with Crippen LogP contribution in [0, 0.1) is 0 Å². The van der Waals surface area contributed by atoms with Crippen LogP contribution in [0.4, 0.5) is 0 Å². The van der Waals surface area contributed by atoms with Gasteiger partial charge >= 0.3 is 0 Å². The molecule has 0 N–H and O–H groups in total. The van der Waals surface area contributed by atoms with Crippen molar-refractivity contribution in [2.75, 3.05) is 32.8 Å². The normalized spacial score (nSPS) is 15.0. The number of morpholine rings is 1. The first-order chi connectivity index (χ1) is 17.3. The molecule has 0 aliphatic carbocycles. The lowest BCUT2D eigenvalue weighted by atomic mass is 10.1. The summed E-state index contributed by atoms with van der Waals surface area (Å²) in [5.41, 5.74) is 4.17. The third-order valence-corrected chi connectivity index (χ3v) is 6.48. The summed E-state index contributed by atoms with van der Waals surface area (Å²) in [6.07, 6.45) is 4.86. The number of carbonyl (C=O) groups excluding carboxylic acids is 1. The van der Waals surface area contributed by atoms with Crippen LogP contribution in [-0.2, 0) is 11.3 Å². The maximum absolute atomic E-state index is 13.6. The average molecular weight is 467 g/mol. The van der Waals surface area contributed by atoms with Crippen LogP contribution in [-0.4, -0.2) is 57.5 Å². The molecule has 0 spiro atoms. The number of ether oxygens (including phenoxy) is 1. The molecule has 7 heteroatoms. The van der Waals surface area contributed by atoms with Crippen molar-refractivity contribution in [1.29, 1.82) is 0 Å². The molecule has 5 aromatic rings. The average Bonchev–Trinajstić information content (AvgIpc) is 3.63. The first kappa shape index (κ1) is 21.6. The second kappa shape index (κ2) is 9.37. The zero-order valence-corrected chi connectivity index (χ0v) is 19.3. The minimum atomic E-state index is -0.121. The van der Waals surface area contributed by atoms with Gasteiger partial charge in [-0.1, -0.05) is 42.5 Å². The van der Waals surface area contributed by atoms with Gasteiger partial charge in [-0.15, -0.1) is 0 Å². The molecule has 7 nitrogen and oxygen atoms in total. The van der Waals surface area contributed by atoms with Crippen molar-refractivity contribution in [2.45, 2.75) is 6.54 Å². The van der Waals surface area contributed by atoms with Crippen LogP contribution in [0.25, 0.3) is 34.1 Å². The van der Waals surface area contributed by atoms with E-state index in [4.69, 9.17) is 14.1 Å². The number of rotatable bonds is 7. The van der Waals surface area contributed by atoms with Gasteiger partial charge in [0.15, 0.2) is 0 Å². The first-order valence-corrected chi connectivity index (χ1v) is 11.9. The number of carbonyl (C=O) groups is 1. The van der Waals surface area contributed by atoms with Crippen LogP contribution in [0.3, 0.4) is 0 Å². The smallest absolute Gasteiger partial charge is 0.216 e. The van der Waals surface area contributed by atoms with Gasteiger partial charge in [0.25, 0.3) is 0 Å². The van der Waals surface area contributed by atoms with Gasteiger partial charge in [-0.05, 0) is 36.4 Å². The van der Waals surface area contributed by atoms with Crippen molar-refractivity contribution in [2.24, 2.45) is 0 Å². The fourth-order valence-electron chi connectivity index (χ4n) is 4.74. The minimum absolute atomic E-state index is 0.121. The quantitative estimate of drug-likeness (QED) is 0.255. The van der Waals surface area contributed by atoms with Gasteiger partial charge in [0, 0.05) is 31.7 Å². The molecule has 1 saturated heterocycles. The molecular weight excluding hydrogens is 440 g/mol. The molecule has 0 saturated carbocycles. The van der Waals surface area contributed by atoms with Crippen LogP contribution in [0.15, 0.2) is 83.5 Å². The number of aromatic nitrogens is 3. The Morgan fingerprint density at radius 3 is 2.46 bits per heavy atom. The molecule has 2 aromatic carbocycles. The summed E-state index contributed by atoms with van der Waals surface area (Å²) in [6.45, 7) is 5.07. The minimum Gasteiger partial charge on any atom is -0.465 e. The summed E-state index contributed by atoms with van der Waals surface area (Å²) in [5.74, 6) is 1.28. The lowest BCUT2D eigenvalue weighted by Gasteiger charge is -2.26. The Kier molecular flexibility index (Phi) is 5.78. The molecular formula is C28H26N4O3. The van der Waals surface area contributed by atoms with Gasteiger partial charge in [-0.3, -0.25) is 14.1 Å². The molecule has 1 aliphatic rings. The van der Waals surface area contributed by atoms with Crippen molar-refractivity contribution in [3.63, 3.8) is 0 Å². The number of benzene rings is 2. The van der Waals surface area contributed by atoms with E-state index in [-0.39, 0.29) is 5.78 Å². The Hall–Kier alpha value is -3.94. The van der Waals surface area contributed by atoms with Crippen LogP contribution >= 0.6 is 0 Å². The number of hydrogen-bond donors (Lipinski definition) is 0. The monoisotopic (exact) mass is 466 g/mol. The summed E-state index contributed by atoms with van der Waals surface area (Å²) in [4.78, 5) is 21.1. The van der Waals surface area contributed by atoms with Gasteiger partial charge in [0.05, 0.1) is 30.5 Å². The van der Waals surface area contributed by atoms with Crippen LogP contribution in [0.2, 0.25) is 0 Å². The standard InChI is InChI=1S/C28H26N4O3/c33-25(13-12-22-9-6-18-35-22)27-26(21-7-2-1-3-8-21)29-28-31(15-14-30-16-19-34-20-17-30)23-10-4-5-11-24(23)32(27)28/h1-13,18H,14-17,19-20H2/b13-12-. The molecule has 3 aromatic heterocycles. The molecule has 0 unspecified atom stereocenters. The topological polar surface area (TPSA) is 64.9 Å². The largest absolute Gasteiger partial charge is 0.465 e. The second-order valence-corrected chi connectivity index (χ2v) is 8.62. The molecule has 0 bridgehead atoms. The van der Waals surface area contributed by atoms with E-state index in [1.165, 1.54) is 0 Å². The van der Waals surface area contributed by atoms with Gasteiger partial charge in [0.1, 0.15) is 17.1 Å². The fraction of sp³-hybridized carbons (Fsp3) is 0.214. The second-order valence-electron chi connectivity index (χ2n) is 8.62. The van der Waals surface area contributed by atoms with E-state index >= 15 is 0 Å². The molecule has 6 rings (SSSR count). The Labute approximate surface area is 202 Å². The van der Waals surface area contributed by atoms with Gasteiger partial charge in [0.2, 0.25) is 11.6 Å². The van der Waals surface area contributed by atoms with E-state index in [9.17, 15) is 4.79 Å². The van der Waals surface area contributed by atoms with Crippen LogP contribution < -0.4 is 0 Å². The molecule has 4 heterocycles. The summed E-state index contributed by atoms with van der Waals surface area (Å²) in [6, 6.07) is 21.7. The Balaban J connectivity index is 1.50. The van der Waals surface area contributed by atoms with Crippen molar-refractivity contribution in [3.05, 3.63) is 90.5 Å². The zero-order chi connectivity index (χ0) is 23.6. The number of fused-ring (bicyclic) bond motifs is 3. The maximum Gasteiger partial charge on any atom is 0.216 e. The highest BCUT2D eigenvalue weighted by Gasteiger charge is 2.25. The Morgan fingerprint density at radius 1 is 0.914 bits per heavy atom. The highest BCUT2D eigenvalue weighted by Crippen LogP contribution is 2.30. The third kappa shape index (κ3) is 4.09. The van der Waals surface area contributed by atoms with Gasteiger partial charge < -0.3 is 13.7 Å². The van der Waals surface area contributed by atoms with Gasteiger partial charge in [-0.2, -0.15) is 0 Å². The van der Waals surface area contributed by atoms with Crippen molar-refractivity contribution in [3.8, 4) is 11.3 Å². The Morgan fingerprint density at radius 2 is 1.69 bits per heavy atom. The number of furan rings is 1. The molecule has 1 fully saturated rings. The lowest BCUT2D eigenvalue weighted by Crippen LogP contribution is -2.38. The molecule has 35 heavy (non-hydrogen) atoms. The summed E-state index contributed by atoms with van der Waals surface area (Å²) in [7, 11) is 0. The highest BCUT2D eigenvalue weighted by atomic mass is 16.5. The molecule has 0 radical (unpaired) electrons. The van der Waals surface area contributed by atoms with Gasteiger partial charge in [-0.25, -0.2) is 4.98 Å². The molecule has 0 atom stereocenters. The van der Waals surface area contributed by atoms with Crippen LogP contribution in [0.5, 0.6) is 0 Å². The van der Waals surface area contributed by atoms with E-state index in [0.717, 1.165) is 61.8 Å². The Bertz CT molecular complexity index is 1490. The van der Waals surface area contributed by atoms with E-state index in [1.807, 2.05) is 52.9 Å². The number of nitrogens with zero attached hydrogens (tertiary/aromatic N) is 4. The predicted molar refractivity (Wildman–Crippen MR) is 135 cm³/mol. The van der Waals surface area contributed by atoms with E-state index < -0.39 is 0 Å². The van der Waals surface area contributed by atoms with E-state index in [2.05, 4.69) is 21.6 Å². The lowest BCUT2D eigenvalue weighted by molar-refractivity contribution is 0.0366. The number of imidazole rings is 2. The highest BCUT2D eigenvalue weighted by molar-refractivity contribution is 6.11. The number of para-hydroxylation sites is 2. The van der Waals surface area contributed by atoms with Crippen LogP contribution in [0.1, 0.15) is 16.2 Å². The van der Waals surface area contributed by atoms with Crippen molar-refractivity contribution in [1.82, 2.24) is 18.9 Å². The third-order valence-electron chi connectivity index (χ3n) is 6.48. The maximum atomic E-state index is 13.6.